The predicted molar refractivity (Wildman–Crippen MR) is 77.0 cm³/mol. The second-order valence-corrected chi connectivity index (χ2v) is 4.45. The molecule has 0 aliphatic heterocycles. The third kappa shape index (κ3) is 2.33. The van der Waals surface area contributed by atoms with Crippen LogP contribution < -0.4 is 10.5 Å². The van der Waals surface area contributed by atoms with E-state index in [0.717, 1.165) is 22.3 Å². The zero-order valence-corrected chi connectivity index (χ0v) is 11.1. The monoisotopic (exact) mass is 263 g/mol. The number of thioether (sulfide) groups is 1. The number of amidine groups is 1. The van der Waals surface area contributed by atoms with Gasteiger partial charge in [0.25, 0.3) is 5.69 Å². The number of nitrogens with zero attached hydrogens (tertiary/aromatic N) is 2. The summed E-state index contributed by atoms with van der Waals surface area (Å²) in [5.41, 5.74) is 7.52. The van der Waals surface area contributed by atoms with Crippen molar-refractivity contribution in [2.75, 3.05) is 13.4 Å². The van der Waals surface area contributed by atoms with Crippen LogP contribution in [0.15, 0.2) is 29.5 Å². The lowest BCUT2D eigenvalue weighted by Crippen LogP contribution is -2.09. The Morgan fingerprint density at radius 2 is 2.33 bits per heavy atom. The molecule has 0 aliphatic rings. The molecule has 0 amide bonds. The van der Waals surface area contributed by atoms with E-state index in [1.807, 2.05) is 30.7 Å². The second kappa shape index (κ2) is 5.14. The van der Waals surface area contributed by atoms with Crippen LogP contribution in [-0.2, 0) is 0 Å². The molecule has 1 aromatic carbocycles. The molecule has 5 nitrogen and oxygen atoms in total. The predicted octanol–water partition coefficient (Wildman–Crippen LogP) is 2.11. The van der Waals surface area contributed by atoms with Crippen LogP contribution in [0.25, 0.3) is 10.9 Å². The number of rotatable bonds is 3. The van der Waals surface area contributed by atoms with Crippen molar-refractivity contribution < 1.29 is 9.42 Å². The first-order valence-electron chi connectivity index (χ1n) is 5.29. The first kappa shape index (κ1) is 12.5. The Bertz CT molecular complexity index is 618. The number of hydrazone groups is 1. The third-order valence-electron chi connectivity index (χ3n) is 2.57. The fourth-order valence-electron chi connectivity index (χ4n) is 1.64. The van der Waals surface area contributed by atoms with E-state index in [9.17, 15) is 0 Å². The first-order chi connectivity index (χ1) is 8.65. The van der Waals surface area contributed by atoms with Crippen molar-refractivity contribution in [3.05, 3.63) is 24.4 Å². The van der Waals surface area contributed by atoms with Gasteiger partial charge in [0.15, 0.2) is 6.72 Å². The van der Waals surface area contributed by atoms with Crippen LogP contribution in [0, 0.1) is 0 Å². The summed E-state index contributed by atoms with van der Waals surface area (Å²) >= 11 is 1.37. The molecule has 0 spiro atoms. The number of nitrogens with one attached hydrogen (secondary N) is 1. The van der Waals surface area contributed by atoms with E-state index in [0.29, 0.717) is 5.17 Å². The Morgan fingerprint density at radius 3 is 3.00 bits per heavy atom. The minimum absolute atomic E-state index is 0.460. The van der Waals surface area contributed by atoms with Gasteiger partial charge in [-0.15, -0.1) is 0 Å². The maximum absolute atomic E-state index is 5.68. The second-order valence-electron chi connectivity index (χ2n) is 3.63. The summed E-state index contributed by atoms with van der Waals surface area (Å²) in [6.07, 6.45) is 3.71. The number of benzene rings is 1. The van der Waals surface area contributed by atoms with Gasteiger partial charge < -0.3 is 15.5 Å². The van der Waals surface area contributed by atoms with Crippen LogP contribution in [0.2, 0.25) is 0 Å². The molecule has 3 N–H and O–H groups in total. The Balaban J connectivity index is 2.48. The zero-order chi connectivity index (χ0) is 13.1. The number of hydrogen-bond donors (Lipinski definition) is 2. The number of aromatic amines is 1. The number of nitrogens with two attached hydrogens (primary N) is 1. The maximum atomic E-state index is 5.68. The summed E-state index contributed by atoms with van der Waals surface area (Å²) in [6.45, 7) is 3.87. The summed E-state index contributed by atoms with van der Waals surface area (Å²) in [5, 5.41) is 5.61. The molecule has 0 radical (unpaired) electrons. The largest absolute Gasteiger partial charge is 0.497 e. The van der Waals surface area contributed by atoms with Crippen LogP contribution >= 0.6 is 11.8 Å². The maximum Gasteiger partial charge on any atom is 0.262 e. The Kier molecular flexibility index (Phi) is 3.57. The number of H-pyrrole nitrogens is 1. The van der Waals surface area contributed by atoms with Gasteiger partial charge in [0.1, 0.15) is 5.75 Å². The van der Waals surface area contributed by atoms with Gasteiger partial charge in [-0.2, -0.15) is 0 Å². The molecule has 6 heteroatoms. The highest BCUT2D eigenvalue weighted by atomic mass is 32.2. The van der Waals surface area contributed by atoms with E-state index in [4.69, 9.17) is 10.5 Å². The molecule has 94 valence electrons. The van der Waals surface area contributed by atoms with Crippen molar-refractivity contribution in [2.45, 2.75) is 0 Å². The molecule has 0 saturated heterocycles. The van der Waals surface area contributed by atoms with Gasteiger partial charge in [-0.1, -0.05) is 16.4 Å². The molecule has 0 saturated carbocycles. The molecule has 0 bridgehead atoms. The summed E-state index contributed by atoms with van der Waals surface area (Å²) in [7, 11) is 1.64. The summed E-state index contributed by atoms with van der Waals surface area (Å²) < 4.78 is 6.72. The number of methoxy groups -OCH3 is 1. The molecular weight excluding hydrogens is 248 g/mol. The number of aromatic nitrogens is 1. The van der Waals surface area contributed by atoms with Gasteiger partial charge in [-0.25, -0.2) is 0 Å². The normalized spacial score (nSPS) is 11.8. The Morgan fingerprint density at radius 1 is 1.56 bits per heavy atom. The first-order valence-corrected chi connectivity index (χ1v) is 6.52. The molecule has 18 heavy (non-hydrogen) atoms. The number of hydrogen-bond acceptors (Lipinski definition) is 3. The van der Waals surface area contributed by atoms with E-state index in [-0.39, 0.29) is 0 Å². The topological polar surface area (TPSA) is 66.4 Å². The van der Waals surface area contributed by atoms with Crippen molar-refractivity contribution >= 4 is 40.2 Å². The number of ether oxygens (including phenoxy) is 1. The van der Waals surface area contributed by atoms with Gasteiger partial charge in [0, 0.05) is 5.10 Å². The van der Waals surface area contributed by atoms with Crippen LogP contribution in [0.3, 0.4) is 0 Å². The van der Waals surface area contributed by atoms with Crippen LogP contribution in [-0.4, -0.2) is 34.9 Å². The van der Waals surface area contributed by atoms with Gasteiger partial charge in [-0.3, -0.25) is 0 Å². The fraction of sp³-hybridized carbons (Fsp3) is 0.167. The minimum Gasteiger partial charge on any atom is -0.497 e. The molecule has 2 rings (SSSR count). The standard InChI is InChI=1S/C12H15N4OS/c1-16(15-12(13)18-3)11-7-14-10-5-4-8(17-2)6-9(10)11/h4-7,14H,1H2,2-3H3,(H2,13,15)/q+1. The molecular formula is C12H15N4OS+. The number of fused-ring (bicyclic) bond motifs is 1. The Hall–Kier alpha value is -1.95. The molecule has 0 fully saturated rings. The zero-order valence-electron chi connectivity index (χ0n) is 10.3. The molecule has 1 aromatic heterocycles. The molecule has 0 aliphatic carbocycles. The van der Waals surface area contributed by atoms with E-state index in [1.165, 1.54) is 16.4 Å². The summed E-state index contributed by atoms with van der Waals surface area (Å²) in [5.74, 6) is 0.790. The van der Waals surface area contributed by atoms with Crippen LogP contribution in [0.1, 0.15) is 0 Å². The molecule has 1 heterocycles. The van der Waals surface area contributed by atoms with Gasteiger partial charge in [0.2, 0.25) is 5.17 Å². The summed E-state index contributed by atoms with van der Waals surface area (Å²) in [4.78, 5) is 3.16. The highest BCUT2D eigenvalue weighted by Gasteiger charge is 2.15. The van der Waals surface area contributed by atoms with E-state index in [1.54, 1.807) is 7.11 Å². The van der Waals surface area contributed by atoms with Crippen LogP contribution in [0.4, 0.5) is 5.69 Å². The average Bonchev–Trinajstić information content (AvgIpc) is 2.81. The van der Waals surface area contributed by atoms with Crippen LogP contribution in [0.5, 0.6) is 5.75 Å². The van der Waals surface area contributed by atoms with Gasteiger partial charge >= 0.3 is 0 Å². The lowest BCUT2D eigenvalue weighted by molar-refractivity contribution is -0.433. The molecule has 2 aromatic rings. The highest BCUT2D eigenvalue weighted by molar-refractivity contribution is 8.13. The summed E-state index contributed by atoms with van der Waals surface area (Å²) in [6, 6.07) is 5.78. The SMILES string of the molecule is C=[N+](N=C(N)SC)c1c[nH]c2ccc(OC)cc12. The fourth-order valence-corrected chi connectivity index (χ4v) is 1.82. The third-order valence-corrected chi connectivity index (χ3v) is 3.07. The van der Waals surface area contributed by atoms with E-state index < -0.39 is 0 Å². The van der Waals surface area contributed by atoms with Gasteiger partial charge in [-0.05, 0) is 24.5 Å². The average molecular weight is 263 g/mol. The molecule has 0 atom stereocenters. The van der Waals surface area contributed by atoms with Crippen molar-refractivity contribution in [3.8, 4) is 5.75 Å². The lowest BCUT2D eigenvalue weighted by Gasteiger charge is -1.98. The molecule has 0 unspecified atom stereocenters. The quantitative estimate of drug-likeness (QED) is 0.386. The van der Waals surface area contributed by atoms with Crippen molar-refractivity contribution in [1.29, 1.82) is 0 Å². The van der Waals surface area contributed by atoms with Crippen molar-refractivity contribution in [2.24, 2.45) is 10.8 Å². The van der Waals surface area contributed by atoms with Crippen molar-refractivity contribution in [3.63, 3.8) is 0 Å². The smallest absolute Gasteiger partial charge is 0.262 e. The van der Waals surface area contributed by atoms with Gasteiger partial charge in [0.05, 0.1) is 24.2 Å². The highest BCUT2D eigenvalue weighted by Crippen LogP contribution is 2.28. The van der Waals surface area contributed by atoms with E-state index in [2.05, 4.69) is 16.8 Å². The Labute approximate surface area is 109 Å². The minimum atomic E-state index is 0.460. The van der Waals surface area contributed by atoms with Crippen molar-refractivity contribution in [1.82, 2.24) is 4.98 Å². The lowest BCUT2D eigenvalue weighted by atomic mass is 10.2. The van der Waals surface area contributed by atoms with E-state index >= 15 is 0 Å².